The number of thioether (sulfide) groups is 1. The number of amidine groups is 1. The molecule has 0 fully saturated rings. The molecule has 1 unspecified atom stereocenters. The SMILES string of the molecule is CC1CN=C(Nc2cc(F)cc(F)c2F)SC1. The maximum Gasteiger partial charge on any atom is 0.182 e. The van der Waals surface area contributed by atoms with Crippen LogP contribution in [0, 0.1) is 23.4 Å². The van der Waals surface area contributed by atoms with Crippen LogP contribution in [0.2, 0.25) is 0 Å². The van der Waals surface area contributed by atoms with Crippen molar-refractivity contribution in [3.8, 4) is 0 Å². The molecule has 1 aromatic rings. The summed E-state index contributed by atoms with van der Waals surface area (Å²) in [6, 6.07) is 1.43. The summed E-state index contributed by atoms with van der Waals surface area (Å²) in [5.41, 5.74) is -0.219. The van der Waals surface area contributed by atoms with Crippen LogP contribution in [0.25, 0.3) is 0 Å². The van der Waals surface area contributed by atoms with Crippen LogP contribution in [-0.2, 0) is 0 Å². The van der Waals surface area contributed by atoms with Crippen molar-refractivity contribution in [3.05, 3.63) is 29.6 Å². The third-order valence-electron chi connectivity index (χ3n) is 2.29. The molecule has 0 bridgehead atoms. The quantitative estimate of drug-likeness (QED) is 0.784. The molecule has 92 valence electrons. The Morgan fingerprint density at radius 1 is 1.35 bits per heavy atom. The van der Waals surface area contributed by atoms with Crippen molar-refractivity contribution in [1.82, 2.24) is 0 Å². The van der Waals surface area contributed by atoms with Crippen molar-refractivity contribution in [2.75, 3.05) is 17.6 Å². The Balaban J connectivity index is 2.19. The Hall–Kier alpha value is -1.17. The molecule has 0 aromatic heterocycles. The van der Waals surface area contributed by atoms with Crippen molar-refractivity contribution < 1.29 is 13.2 Å². The number of rotatable bonds is 1. The normalized spacial score (nSPS) is 20.0. The van der Waals surface area contributed by atoms with Crippen LogP contribution in [-0.4, -0.2) is 17.5 Å². The highest BCUT2D eigenvalue weighted by Gasteiger charge is 2.16. The molecule has 0 radical (unpaired) electrons. The molecule has 2 nitrogen and oxygen atoms in total. The Bertz CT molecular complexity index is 462. The van der Waals surface area contributed by atoms with Crippen molar-refractivity contribution in [3.63, 3.8) is 0 Å². The highest BCUT2D eigenvalue weighted by molar-refractivity contribution is 8.14. The standard InChI is InChI=1S/C11H11F3N2S/c1-6-4-15-11(17-5-6)16-9-3-7(12)2-8(13)10(9)14/h2-3,6H,4-5H2,1H3,(H,15,16). The van der Waals surface area contributed by atoms with Crippen molar-refractivity contribution in [2.45, 2.75) is 6.92 Å². The molecule has 0 saturated heterocycles. The Morgan fingerprint density at radius 2 is 2.12 bits per heavy atom. The van der Waals surface area contributed by atoms with Crippen molar-refractivity contribution in [2.24, 2.45) is 10.9 Å². The van der Waals surface area contributed by atoms with Crippen LogP contribution < -0.4 is 5.32 Å². The van der Waals surface area contributed by atoms with Crippen LogP contribution in [0.5, 0.6) is 0 Å². The lowest BCUT2D eigenvalue weighted by Gasteiger charge is -2.18. The van der Waals surface area contributed by atoms with Crippen LogP contribution >= 0.6 is 11.8 Å². The molecule has 17 heavy (non-hydrogen) atoms. The lowest BCUT2D eigenvalue weighted by Crippen LogP contribution is -2.19. The monoisotopic (exact) mass is 260 g/mol. The predicted octanol–water partition coefficient (Wildman–Crippen LogP) is 3.25. The van der Waals surface area contributed by atoms with E-state index < -0.39 is 17.5 Å². The van der Waals surface area contributed by atoms with Gasteiger partial charge in [0.1, 0.15) is 5.82 Å². The Labute approximate surface area is 101 Å². The van der Waals surface area contributed by atoms with Gasteiger partial charge in [0, 0.05) is 24.4 Å². The largest absolute Gasteiger partial charge is 0.332 e. The molecule has 0 amide bonds. The van der Waals surface area contributed by atoms with Gasteiger partial charge < -0.3 is 5.32 Å². The second-order valence-electron chi connectivity index (χ2n) is 3.94. The molecule has 0 aliphatic carbocycles. The van der Waals surface area contributed by atoms with E-state index in [2.05, 4.69) is 17.2 Å². The molecule has 0 spiro atoms. The molecule has 1 aliphatic heterocycles. The van der Waals surface area contributed by atoms with Gasteiger partial charge >= 0.3 is 0 Å². The average molecular weight is 260 g/mol. The molecule has 1 aliphatic rings. The smallest absolute Gasteiger partial charge is 0.182 e. The number of anilines is 1. The number of halogens is 3. The van der Waals surface area contributed by atoms with Gasteiger partial charge in [-0.1, -0.05) is 18.7 Å². The first-order valence-electron chi connectivity index (χ1n) is 5.15. The van der Waals surface area contributed by atoms with Gasteiger partial charge in [0.2, 0.25) is 0 Å². The van der Waals surface area contributed by atoms with E-state index in [-0.39, 0.29) is 5.69 Å². The number of nitrogens with zero attached hydrogens (tertiary/aromatic N) is 1. The summed E-state index contributed by atoms with van der Waals surface area (Å²) in [4.78, 5) is 4.16. The van der Waals surface area contributed by atoms with Gasteiger partial charge in [-0.2, -0.15) is 0 Å². The molecule has 1 aromatic carbocycles. The number of hydrogen-bond acceptors (Lipinski definition) is 3. The van der Waals surface area contributed by atoms with Crippen molar-refractivity contribution >= 4 is 22.6 Å². The van der Waals surface area contributed by atoms with E-state index in [1.54, 1.807) is 0 Å². The fourth-order valence-electron chi connectivity index (χ4n) is 1.40. The van der Waals surface area contributed by atoms with Crippen LogP contribution in [0.15, 0.2) is 17.1 Å². The summed E-state index contributed by atoms with van der Waals surface area (Å²) >= 11 is 1.41. The average Bonchev–Trinajstić information content (AvgIpc) is 2.28. The minimum absolute atomic E-state index is 0.219. The predicted molar refractivity (Wildman–Crippen MR) is 63.9 cm³/mol. The van der Waals surface area contributed by atoms with Crippen LogP contribution in [0.4, 0.5) is 18.9 Å². The minimum Gasteiger partial charge on any atom is -0.332 e. The molecular formula is C11H11F3N2S. The van der Waals surface area contributed by atoms with Crippen LogP contribution in [0.1, 0.15) is 6.92 Å². The second-order valence-corrected chi connectivity index (χ2v) is 4.94. The summed E-state index contributed by atoms with van der Waals surface area (Å²) in [5.74, 6) is -1.80. The number of benzene rings is 1. The first-order valence-corrected chi connectivity index (χ1v) is 6.13. The molecular weight excluding hydrogens is 249 g/mol. The second kappa shape index (κ2) is 5.00. The number of hydrogen-bond donors (Lipinski definition) is 1. The van der Waals surface area contributed by atoms with Gasteiger partial charge in [-0.15, -0.1) is 0 Å². The summed E-state index contributed by atoms with van der Waals surface area (Å²) in [6.45, 7) is 2.68. The number of aliphatic imine (C=N–C) groups is 1. The fraction of sp³-hybridized carbons (Fsp3) is 0.364. The third-order valence-corrected chi connectivity index (χ3v) is 3.53. The zero-order chi connectivity index (χ0) is 12.4. The molecule has 1 atom stereocenters. The van der Waals surface area contributed by atoms with E-state index in [4.69, 9.17) is 0 Å². The van der Waals surface area contributed by atoms with Crippen molar-refractivity contribution in [1.29, 1.82) is 0 Å². The van der Waals surface area contributed by atoms with E-state index in [0.717, 1.165) is 11.8 Å². The van der Waals surface area contributed by atoms with Gasteiger partial charge in [-0.25, -0.2) is 13.2 Å². The maximum atomic E-state index is 13.3. The van der Waals surface area contributed by atoms with Gasteiger partial charge in [0.15, 0.2) is 16.8 Å². The zero-order valence-electron chi connectivity index (χ0n) is 9.14. The summed E-state index contributed by atoms with van der Waals surface area (Å²) < 4.78 is 39.2. The highest BCUT2D eigenvalue weighted by Crippen LogP contribution is 2.23. The van der Waals surface area contributed by atoms with E-state index in [9.17, 15) is 13.2 Å². The highest BCUT2D eigenvalue weighted by atomic mass is 32.2. The summed E-state index contributed by atoms with van der Waals surface area (Å²) in [6.07, 6.45) is 0. The maximum absolute atomic E-state index is 13.3. The van der Waals surface area contributed by atoms with E-state index in [1.165, 1.54) is 11.8 Å². The number of nitrogens with one attached hydrogen (secondary N) is 1. The van der Waals surface area contributed by atoms with E-state index in [0.29, 0.717) is 23.7 Å². The van der Waals surface area contributed by atoms with E-state index in [1.807, 2.05) is 0 Å². The van der Waals surface area contributed by atoms with Crippen LogP contribution in [0.3, 0.4) is 0 Å². The lowest BCUT2D eigenvalue weighted by atomic mass is 10.2. The topological polar surface area (TPSA) is 24.4 Å². The summed E-state index contributed by atoms with van der Waals surface area (Å²) in [5, 5.41) is 3.10. The van der Waals surface area contributed by atoms with Gasteiger partial charge in [0.05, 0.1) is 5.69 Å². The first-order chi connectivity index (χ1) is 8.06. The van der Waals surface area contributed by atoms with Gasteiger partial charge in [0.25, 0.3) is 0 Å². The van der Waals surface area contributed by atoms with Gasteiger partial charge in [-0.05, 0) is 5.92 Å². The van der Waals surface area contributed by atoms with Gasteiger partial charge in [-0.3, -0.25) is 4.99 Å². The van der Waals surface area contributed by atoms with E-state index >= 15 is 0 Å². The molecule has 6 heteroatoms. The Kier molecular flexibility index (Phi) is 3.61. The molecule has 2 rings (SSSR count). The third kappa shape index (κ3) is 2.94. The molecule has 1 heterocycles. The molecule has 0 saturated carbocycles. The minimum atomic E-state index is -1.21. The Morgan fingerprint density at radius 3 is 2.76 bits per heavy atom. The zero-order valence-corrected chi connectivity index (χ0v) is 9.95. The molecule has 1 N–H and O–H groups in total. The fourth-order valence-corrected chi connectivity index (χ4v) is 2.29. The first kappa shape index (κ1) is 12.3. The summed E-state index contributed by atoms with van der Waals surface area (Å²) in [7, 11) is 0. The lowest BCUT2D eigenvalue weighted by molar-refractivity contribution is 0.498.